The number of hydrogen-bond donors (Lipinski definition) is 2. The molecule has 2 N–H and O–H groups in total. The van der Waals surface area contributed by atoms with Gasteiger partial charge in [-0.25, -0.2) is 13.1 Å². The Kier molecular flexibility index (Phi) is 4.21. The Morgan fingerprint density at radius 3 is 2.94 bits per heavy atom. The number of aromatic hydroxyl groups is 1. The number of hydrogen-bond acceptors (Lipinski definition) is 4. The molecular formula is C12H17NO4S. The fourth-order valence-electron chi connectivity index (χ4n) is 1.94. The van der Waals surface area contributed by atoms with Crippen molar-refractivity contribution in [2.45, 2.75) is 25.5 Å². The van der Waals surface area contributed by atoms with Gasteiger partial charge in [-0.15, -0.1) is 0 Å². The van der Waals surface area contributed by atoms with Crippen LogP contribution >= 0.6 is 0 Å². The summed E-state index contributed by atoms with van der Waals surface area (Å²) in [6.07, 6.45) is 1.53. The maximum absolute atomic E-state index is 11.8. The predicted molar refractivity (Wildman–Crippen MR) is 67.7 cm³/mol. The van der Waals surface area contributed by atoms with Crippen molar-refractivity contribution in [2.75, 3.05) is 12.4 Å². The molecule has 0 aromatic heterocycles. The van der Waals surface area contributed by atoms with Crippen LogP contribution in [-0.4, -0.2) is 32.0 Å². The van der Waals surface area contributed by atoms with Crippen LogP contribution < -0.4 is 4.72 Å². The zero-order chi connectivity index (χ0) is 13.0. The first-order valence-electron chi connectivity index (χ1n) is 5.92. The average molecular weight is 271 g/mol. The topological polar surface area (TPSA) is 75.6 Å². The molecule has 6 heteroatoms. The van der Waals surface area contributed by atoms with Gasteiger partial charge in [0.15, 0.2) is 0 Å². The number of benzene rings is 1. The zero-order valence-electron chi connectivity index (χ0n) is 10.0. The molecule has 0 bridgehead atoms. The van der Waals surface area contributed by atoms with Gasteiger partial charge in [-0.05, 0) is 30.5 Å². The van der Waals surface area contributed by atoms with E-state index in [0.717, 1.165) is 18.4 Å². The fourth-order valence-corrected chi connectivity index (χ4v) is 3.20. The molecule has 1 fully saturated rings. The van der Waals surface area contributed by atoms with Crippen LogP contribution in [0.3, 0.4) is 0 Å². The summed E-state index contributed by atoms with van der Waals surface area (Å²) in [6.45, 7) is 0.830. The van der Waals surface area contributed by atoms with E-state index in [1.165, 1.54) is 6.07 Å². The van der Waals surface area contributed by atoms with Crippen molar-refractivity contribution < 1.29 is 18.3 Å². The Hall–Kier alpha value is -1.11. The lowest BCUT2D eigenvalue weighted by Gasteiger charge is -2.11. The first-order chi connectivity index (χ1) is 8.55. The van der Waals surface area contributed by atoms with Crippen LogP contribution in [0.2, 0.25) is 0 Å². The average Bonchev–Trinajstić information content (AvgIpc) is 2.79. The predicted octanol–water partition coefficient (Wildman–Crippen LogP) is 0.991. The SMILES string of the molecule is O=S(=O)(CC1CCCO1)NCc1cccc(O)c1. The minimum absolute atomic E-state index is 0.00577. The molecule has 1 aromatic rings. The van der Waals surface area contributed by atoms with Crippen LogP contribution in [0.25, 0.3) is 0 Å². The first-order valence-corrected chi connectivity index (χ1v) is 7.57. The van der Waals surface area contributed by atoms with Crippen LogP contribution in [0, 0.1) is 0 Å². The smallest absolute Gasteiger partial charge is 0.214 e. The van der Waals surface area contributed by atoms with Gasteiger partial charge in [0.2, 0.25) is 10.0 Å². The molecule has 5 nitrogen and oxygen atoms in total. The number of nitrogens with one attached hydrogen (secondary N) is 1. The van der Waals surface area contributed by atoms with E-state index >= 15 is 0 Å². The quantitative estimate of drug-likeness (QED) is 0.837. The molecule has 1 heterocycles. The van der Waals surface area contributed by atoms with Gasteiger partial charge in [0.25, 0.3) is 0 Å². The minimum atomic E-state index is -3.33. The summed E-state index contributed by atoms with van der Waals surface area (Å²) in [5.74, 6) is 0.136. The van der Waals surface area contributed by atoms with Crippen molar-refractivity contribution in [2.24, 2.45) is 0 Å². The van der Waals surface area contributed by atoms with E-state index in [1.54, 1.807) is 18.2 Å². The summed E-state index contributed by atoms with van der Waals surface area (Å²) in [5, 5.41) is 9.28. The molecule has 2 rings (SSSR count). The molecule has 1 aliphatic rings. The molecule has 0 aliphatic carbocycles. The largest absolute Gasteiger partial charge is 0.508 e. The van der Waals surface area contributed by atoms with Crippen molar-refractivity contribution in [3.63, 3.8) is 0 Å². The lowest BCUT2D eigenvalue weighted by molar-refractivity contribution is 0.127. The zero-order valence-corrected chi connectivity index (χ0v) is 10.8. The molecule has 1 saturated heterocycles. The lowest BCUT2D eigenvalue weighted by Crippen LogP contribution is -2.31. The van der Waals surface area contributed by atoms with Gasteiger partial charge in [-0.3, -0.25) is 0 Å². The van der Waals surface area contributed by atoms with Crippen LogP contribution in [-0.2, 0) is 21.3 Å². The Bertz CT molecular complexity index is 495. The fraction of sp³-hybridized carbons (Fsp3) is 0.500. The Morgan fingerprint density at radius 1 is 1.44 bits per heavy atom. The third kappa shape index (κ3) is 3.97. The number of phenolic OH excluding ortho intramolecular Hbond substituents is 1. The van der Waals surface area contributed by atoms with Crippen molar-refractivity contribution >= 4 is 10.0 Å². The summed E-state index contributed by atoms with van der Waals surface area (Å²) in [6, 6.07) is 6.52. The second-order valence-electron chi connectivity index (χ2n) is 4.41. The molecule has 1 atom stereocenters. The van der Waals surface area contributed by atoms with E-state index in [9.17, 15) is 13.5 Å². The molecule has 0 saturated carbocycles. The second kappa shape index (κ2) is 5.69. The standard InChI is InChI=1S/C12H17NO4S/c14-11-4-1-3-10(7-11)8-13-18(15,16)9-12-5-2-6-17-12/h1,3-4,7,12-14H,2,5-6,8-9H2. The van der Waals surface area contributed by atoms with E-state index in [4.69, 9.17) is 4.74 Å². The normalized spacial score (nSPS) is 20.1. The highest BCUT2D eigenvalue weighted by Crippen LogP contribution is 2.14. The van der Waals surface area contributed by atoms with Gasteiger partial charge >= 0.3 is 0 Å². The molecule has 0 spiro atoms. The van der Waals surface area contributed by atoms with E-state index in [-0.39, 0.29) is 24.2 Å². The summed E-state index contributed by atoms with van der Waals surface area (Å²) in [7, 11) is -3.33. The maximum atomic E-state index is 11.8. The van der Waals surface area contributed by atoms with Crippen LogP contribution in [0.15, 0.2) is 24.3 Å². The Labute approximate surface area is 107 Å². The van der Waals surface area contributed by atoms with Gasteiger partial charge in [0, 0.05) is 13.2 Å². The number of rotatable bonds is 5. The van der Waals surface area contributed by atoms with Gasteiger partial charge in [-0.1, -0.05) is 12.1 Å². The highest BCUT2D eigenvalue weighted by atomic mass is 32.2. The van der Waals surface area contributed by atoms with Crippen LogP contribution in [0.1, 0.15) is 18.4 Å². The minimum Gasteiger partial charge on any atom is -0.508 e. The molecule has 1 aliphatic heterocycles. The van der Waals surface area contributed by atoms with Crippen molar-refractivity contribution in [3.8, 4) is 5.75 Å². The van der Waals surface area contributed by atoms with Gasteiger partial charge in [0.05, 0.1) is 11.9 Å². The molecule has 18 heavy (non-hydrogen) atoms. The monoisotopic (exact) mass is 271 g/mol. The number of sulfonamides is 1. The molecular weight excluding hydrogens is 254 g/mol. The van der Waals surface area contributed by atoms with Crippen molar-refractivity contribution in [1.82, 2.24) is 4.72 Å². The van der Waals surface area contributed by atoms with E-state index < -0.39 is 10.0 Å². The third-order valence-electron chi connectivity index (χ3n) is 2.84. The van der Waals surface area contributed by atoms with Gasteiger partial charge < -0.3 is 9.84 Å². The van der Waals surface area contributed by atoms with Crippen molar-refractivity contribution in [3.05, 3.63) is 29.8 Å². The number of phenols is 1. The molecule has 0 radical (unpaired) electrons. The highest BCUT2D eigenvalue weighted by molar-refractivity contribution is 7.89. The molecule has 1 aromatic carbocycles. The highest BCUT2D eigenvalue weighted by Gasteiger charge is 2.22. The third-order valence-corrected chi connectivity index (χ3v) is 4.23. The molecule has 0 amide bonds. The number of ether oxygens (including phenoxy) is 1. The summed E-state index contributed by atoms with van der Waals surface area (Å²) < 4.78 is 31.4. The van der Waals surface area contributed by atoms with Crippen molar-refractivity contribution in [1.29, 1.82) is 0 Å². The molecule has 1 unspecified atom stereocenters. The van der Waals surface area contributed by atoms with Crippen LogP contribution in [0.5, 0.6) is 5.75 Å². The second-order valence-corrected chi connectivity index (χ2v) is 6.26. The Morgan fingerprint density at radius 2 is 2.28 bits per heavy atom. The van der Waals surface area contributed by atoms with E-state index in [1.807, 2.05) is 0 Å². The first kappa shape index (κ1) is 13.3. The van der Waals surface area contributed by atoms with E-state index in [0.29, 0.717) is 6.61 Å². The van der Waals surface area contributed by atoms with E-state index in [2.05, 4.69) is 4.72 Å². The van der Waals surface area contributed by atoms with Crippen LogP contribution in [0.4, 0.5) is 0 Å². The maximum Gasteiger partial charge on any atom is 0.214 e. The summed E-state index contributed by atoms with van der Waals surface area (Å²) in [5.41, 5.74) is 0.728. The Balaban J connectivity index is 1.88. The molecule has 100 valence electrons. The lowest BCUT2D eigenvalue weighted by atomic mass is 10.2. The van der Waals surface area contributed by atoms with Gasteiger partial charge in [0.1, 0.15) is 5.75 Å². The van der Waals surface area contributed by atoms with Gasteiger partial charge in [-0.2, -0.15) is 0 Å². The summed E-state index contributed by atoms with van der Waals surface area (Å²) >= 11 is 0. The summed E-state index contributed by atoms with van der Waals surface area (Å²) in [4.78, 5) is 0.